The summed E-state index contributed by atoms with van der Waals surface area (Å²) in [5.74, 6) is 0. The third kappa shape index (κ3) is 3.02. The topological polar surface area (TPSA) is 18.5 Å². The molecule has 1 saturated heterocycles. The van der Waals surface area contributed by atoms with Gasteiger partial charge in [0.25, 0.3) is 0 Å². The van der Waals surface area contributed by atoms with Gasteiger partial charge in [-0.2, -0.15) is 0 Å². The van der Waals surface area contributed by atoms with Crippen molar-refractivity contribution >= 4 is 0 Å². The maximum absolute atomic E-state index is 5.54. The van der Waals surface area contributed by atoms with Crippen molar-refractivity contribution in [3.8, 4) is 0 Å². The van der Waals surface area contributed by atoms with Gasteiger partial charge in [0, 0.05) is 13.0 Å². The van der Waals surface area contributed by atoms with Crippen molar-refractivity contribution in [2.75, 3.05) is 13.2 Å². The maximum Gasteiger partial charge on any atom is 0.0898 e. The molecule has 1 atom stereocenters. The summed E-state index contributed by atoms with van der Waals surface area (Å²) in [7, 11) is 0. The van der Waals surface area contributed by atoms with Crippen LogP contribution in [0.1, 0.15) is 44.9 Å². The molecule has 2 aliphatic rings. The minimum atomic E-state index is 0.469. The average Bonchev–Trinajstić information content (AvgIpc) is 2.86. The van der Waals surface area contributed by atoms with Crippen LogP contribution >= 0.6 is 0 Å². The summed E-state index contributed by atoms with van der Waals surface area (Å²) in [6, 6.07) is 0. The lowest BCUT2D eigenvalue weighted by Gasteiger charge is -2.08. The molecule has 1 unspecified atom stereocenters. The van der Waals surface area contributed by atoms with Crippen LogP contribution in [-0.4, -0.2) is 19.3 Å². The maximum atomic E-state index is 5.54. The minimum absolute atomic E-state index is 0.469. The number of allylic oxidation sites excluding steroid dienone is 1. The van der Waals surface area contributed by atoms with Gasteiger partial charge in [0.2, 0.25) is 0 Å². The van der Waals surface area contributed by atoms with Crippen molar-refractivity contribution in [2.24, 2.45) is 0 Å². The number of hydrogen-bond donors (Lipinski definition) is 0. The highest BCUT2D eigenvalue weighted by atomic mass is 16.5. The third-order valence-electron chi connectivity index (χ3n) is 3.08. The molecule has 0 spiro atoms. The van der Waals surface area contributed by atoms with E-state index in [4.69, 9.17) is 9.47 Å². The largest absolute Gasteiger partial charge is 0.501 e. The minimum Gasteiger partial charge on any atom is -0.501 e. The predicted molar refractivity (Wildman–Crippen MR) is 56.1 cm³/mol. The fourth-order valence-corrected chi connectivity index (χ4v) is 2.20. The van der Waals surface area contributed by atoms with Gasteiger partial charge >= 0.3 is 0 Å². The Kier molecular flexibility index (Phi) is 3.87. The first-order valence-corrected chi connectivity index (χ1v) is 5.86. The van der Waals surface area contributed by atoms with E-state index in [9.17, 15) is 0 Å². The van der Waals surface area contributed by atoms with Crippen molar-refractivity contribution in [3.63, 3.8) is 0 Å². The fraction of sp³-hybridized carbons (Fsp3) is 0.833. The van der Waals surface area contributed by atoms with Crippen molar-refractivity contribution < 1.29 is 9.47 Å². The van der Waals surface area contributed by atoms with E-state index in [1.54, 1.807) is 0 Å². The summed E-state index contributed by atoms with van der Waals surface area (Å²) in [5.41, 5.74) is 1.50. The van der Waals surface area contributed by atoms with Crippen LogP contribution in [-0.2, 0) is 9.47 Å². The lowest BCUT2D eigenvalue weighted by atomic mass is 10.2. The van der Waals surface area contributed by atoms with E-state index in [0.717, 1.165) is 19.6 Å². The molecule has 2 heteroatoms. The predicted octanol–water partition coefficient (Wildman–Crippen LogP) is 3.03. The molecule has 1 heterocycles. The quantitative estimate of drug-likeness (QED) is 0.508. The zero-order valence-electron chi connectivity index (χ0n) is 8.84. The smallest absolute Gasteiger partial charge is 0.0898 e. The molecule has 0 radical (unpaired) electrons. The first-order valence-electron chi connectivity index (χ1n) is 5.86. The molecule has 2 nitrogen and oxygen atoms in total. The first-order chi connectivity index (χ1) is 6.95. The van der Waals surface area contributed by atoms with Gasteiger partial charge in [0.15, 0.2) is 0 Å². The number of hydrogen-bond acceptors (Lipinski definition) is 2. The molecular weight excluding hydrogens is 176 g/mol. The molecule has 14 heavy (non-hydrogen) atoms. The van der Waals surface area contributed by atoms with E-state index in [1.165, 1.54) is 44.1 Å². The van der Waals surface area contributed by atoms with Gasteiger partial charge in [-0.1, -0.05) is 0 Å². The molecule has 0 bridgehead atoms. The van der Waals surface area contributed by atoms with Gasteiger partial charge in [-0.05, 0) is 44.1 Å². The van der Waals surface area contributed by atoms with Gasteiger partial charge in [-0.15, -0.1) is 0 Å². The second-order valence-corrected chi connectivity index (χ2v) is 4.28. The molecule has 0 aromatic heterocycles. The highest BCUT2D eigenvalue weighted by Gasteiger charge is 2.14. The average molecular weight is 196 g/mol. The first kappa shape index (κ1) is 10.0. The number of rotatable bonds is 4. The lowest BCUT2D eigenvalue weighted by Crippen LogP contribution is -2.07. The standard InChI is InChI=1S/C12H20O2/c1-2-5-11(4-1)10-13-9-7-12-6-3-8-14-12/h10,12H,1-9H2. The van der Waals surface area contributed by atoms with Crippen LogP contribution in [0.4, 0.5) is 0 Å². The lowest BCUT2D eigenvalue weighted by molar-refractivity contribution is 0.0828. The van der Waals surface area contributed by atoms with Crippen LogP contribution in [0.3, 0.4) is 0 Å². The molecule has 80 valence electrons. The van der Waals surface area contributed by atoms with Gasteiger partial charge in [-0.3, -0.25) is 0 Å². The van der Waals surface area contributed by atoms with Gasteiger partial charge < -0.3 is 9.47 Å². The molecule has 2 fully saturated rings. The Morgan fingerprint density at radius 3 is 2.86 bits per heavy atom. The summed E-state index contributed by atoms with van der Waals surface area (Å²) >= 11 is 0. The normalized spacial score (nSPS) is 26.9. The Morgan fingerprint density at radius 2 is 2.14 bits per heavy atom. The van der Waals surface area contributed by atoms with E-state index in [1.807, 2.05) is 6.26 Å². The molecule has 0 N–H and O–H groups in total. The van der Waals surface area contributed by atoms with Crippen molar-refractivity contribution in [1.29, 1.82) is 0 Å². The Bertz CT molecular complexity index is 184. The summed E-state index contributed by atoms with van der Waals surface area (Å²) < 4.78 is 11.1. The van der Waals surface area contributed by atoms with Gasteiger partial charge in [0.1, 0.15) is 0 Å². The van der Waals surface area contributed by atoms with E-state index >= 15 is 0 Å². The Hall–Kier alpha value is -0.500. The second kappa shape index (κ2) is 5.40. The van der Waals surface area contributed by atoms with Crippen LogP contribution in [0.5, 0.6) is 0 Å². The highest BCUT2D eigenvalue weighted by molar-refractivity contribution is 5.02. The molecule has 1 aliphatic heterocycles. The van der Waals surface area contributed by atoms with Crippen molar-refractivity contribution in [2.45, 2.75) is 51.0 Å². The van der Waals surface area contributed by atoms with E-state index in [2.05, 4.69) is 0 Å². The summed E-state index contributed by atoms with van der Waals surface area (Å²) in [4.78, 5) is 0. The van der Waals surface area contributed by atoms with Crippen LogP contribution in [0, 0.1) is 0 Å². The molecule has 0 amide bonds. The molecular formula is C12H20O2. The van der Waals surface area contributed by atoms with Crippen molar-refractivity contribution in [3.05, 3.63) is 11.8 Å². The van der Waals surface area contributed by atoms with Gasteiger partial charge in [-0.25, -0.2) is 0 Å². The Morgan fingerprint density at radius 1 is 1.29 bits per heavy atom. The molecule has 0 aromatic rings. The van der Waals surface area contributed by atoms with E-state index in [0.29, 0.717) is 6.10 Å². The zero-order chi connectivity index (χ0) is 9.64. The van der Waals surface area contributed by atoms with Gasteiger partial charge in [0.05, 0.1) is 19.0 Å². The second-order valence-electron chi connectivity index (χ2n) is 4.28. The number of ether oxygens (including phenoxy) is 2. The van der Waals surface area contributed by atoms with Crippen LogP contribution in [0.15, 0.2) is 11.8 Å². The van der Waals surface area contributed by atoms with Crippen LogP contribution in [0.2, 0.25) is 0 Å². The van der Waals surface area contributed by atoms with Crippen molar-refractivity contribution in [1.82, 2.24) is 0 Å². The van der Waals surface area contributed by atoms with E-state index in [-0.39, 0.29) is 0 Å². The summed E-state index contributed by atoms with van der Waals surface area (Å²) in [6.07, 6.45) is 11.2. The summed E-state index contributed by atoms with van der Waals surface area (Å²) in [5, 5.41) is 0. The van der Waals surface area contributed by atoms with Crippen LogP contribution < -0.4 is 0 Å². The fourth-order valence-electron chi connectivity index (χ4n) is 2.20. The summed E-state index contributed by atoms with van der Waals surface area (Å²) in [6.45, 7) is 1.78. The van der Waals surface area contributed by atoms with E-state index < -0.39 is 0 Å². The molecule has 2 rings (SSSR count). The Balaban J connectivity index is 1.55. The molecule has 1 aliphatic carbocycles. The van der Waals surface area contributed by atoms with Crippen LogP contribution in [0.25, 0.3) is 0 Å². The Labute approximate surface area is 86.3 Å². The SMILES string of the molecule is C(OCCC1CCCO1)=C1CCCC1. The zero-order valence-corrected chi connectivity index (χ0v) is 8.84. The highest BCUT2D eigenvalue weighted by Crippen LogP contribution is 2.23. The third-order valence-corrected chi connectivity index (χ3v) is 3.08. The molecule has 1 saturated carbocycles. The monoisotopic (exact) mass is 196 g/mol. The molecule has 0 aromatic carbocycles.